The van der Waals surface area contributed by atoms with Gasteiger partial charge in [-0.2, -0.15) is 0 Å². The summed E-state index contributed by atoms with van der Waals surface area (Å²) in [6.07, 6.45) is 5.74. The number of unbranched alkanes of at least 4 members (excludes halogenated alkanes) is 1. The summed E-state index contributed by atoms with van der Waals surface area (Å²) in [5.41, 5.74) is 0. The van der Waals surface area contributed by atoms with Crippen molar-refractivity contribution in [1.29, 1.82) is 0 Å². The first-order valence-corrected chi connectivity index (χ1v) is 14.3. The van der Waals surface area contributed by atoms with Gasteiger partial charge < -0.3 is 13.6 Å². The van der Waals surface area contributed by atoms with Crippen molar-refractivity contribution < 1.29 is 13.6 Å². The van der Waals surface area contributed by atoms with E-state index in [9.17, 15) is 0 Å². The molecule has 0 atom stereocenters. The van der Waals surface area contributed by atoms with Crippen LogP contribution in [-0.4, -0.2) is 29.6 Å². The maximum atomic E-state index is 6.07. The van der Waals surface area contributed by atoms with E-state index in [0.29, 0.717) is 11.8 Å². The Morgan fingerprint density at radius 1 is 1.00 bits per heavy atom. The minimum absolute atomic E-state index is 0.527. The highest BCUT2D eigenvalue weighted by molar-refractivity contribution is 6.70. The summed E-state index contributed by atoms with van der Waals surface area (Å²) in [6.45, 7) is 12.8. The minimum atomic E-state index is -1.69. The zero-order valence-electron chi connectivity index (χ0n) is 13.9. The third-order valence-corrected chi connectivity index (χ3v) is 3.90. The molecule has 0 saturated heterocycles. The van der Waals surface area contributed by atoms with Gasteiger partial charge in [-0.3, -0.25) is 0 Å². The van der Waals surface area contributed by atoms with Crippen molar-refractivity contribution in [2.45, 2.75) is 52.1 Å². The molecule has 0 aliphatic carbocycles. The molecule has 6 heteroatoms. The van der Waals surface area contributed by atoms with E-state index in [-0.39, 0.29) is 0 Å². The second-order valence-corrected chi connectivity index (χ2v) is 15.8. The molecule has 0 radical (unpaired) electrons. The van der Waals surface area contributed by atoms with E-state index >= 15 is 0 Å². The molecule has 0 heterocycles. The number of hydrogen-bond acceptors (Lipinski definition) is 3. The highest BCUT2D eigenvalue weighted by Crippen LogP contribution is 2.18. The van der Waals surface area contributed by atoms with E-state index in [0.717, 1.165) is 18.6 Å². The van der Waals surface area contributed by atoms with Gasteiger partial charge in [0.1, 0.15) is 5.76 Å². The quantitative estimate of drug-likeness (QED) is 0.193. The predicted molar refractivity (Wildman–Crippen MR) is 92.0 cm³/mol. The molecule has 0 aromatic heterocycles. The largest absolute Gasteiger partial charge is 0.544 e. The fourth-order valence-corrected chi connectivity index (χ4v) is 3.10. The summed E-state index contributed by atoms with van der Waals surface area (Å²) < 4.78 is 17.3. The van der Waals surface area contributed by atoms with E-state index in [2.05, 4.69) is 45.4 Å². The standard InChI is InChI=1S/C14H29ClO3Si2/c1-16-14(18-20(5,6)7)12-13(10-8-9-11-15)17-19(2,3)4/h10,12H,8-9,11H2,1-7H3/b13-10+,14-12?. The fourth-order valence-electron chi connectivity index (χ4n) is 1.35. The lowest BCUT2D eigenvalue weighted by Gasteiger charge is -2.23. The smallest absolute Gasteiger partial charge is 0.268 e. The number of hydrogen-bond donors (Lipinski definition) is 0. The Labute approximate surface area is 131 Å². The number of halogens is 1. The van der Waals surface area contributed by atoms with Crippen LogP contribution in [-0.2, 0) is 13.6 Å². The molecular weight excluding hydrogens is 308 g/mol. The lowest BCUT2D eigenvalue weighted by Crippen LogP contribution is -2.26. The average molecular weight is 337 g/mol. The van der Waals surface area contributed by atoms with Crippen LogP contribution in [0.15, 0.2) is 23.9 Å². The third kappa shape index (κ3) is 11.4. The molecule has 0 bridgehead atoms. The van der Waals surface area contributed by atoms with Crippen molar-refractivity contribution in [1.82, 2.24) is 0 Å². The number of methoxy groups -OCH3 is 1. The van der Waals surface area contributed by atoms with Gasteiger partial charge in [0.2, 0.25) is 16.6 Å². The SMILES string of the molecule is COC(=C/C(=C\CCCCl)O[Si](C)(C)C)O[Si](C)(C)C. The Balaban J connectivity index is 5.03. The molecule has 0 unspecified atom stereocenters. The van der Waals surface area contributed by atoms with Crippen LogP contribution in [0.5, 0.6) is 0 Å². The second-order valence-electron chi connectivity index (χ2n) is 6.53. The van der Waals surface area contributed by atoms with E-state index in [4.69, 9.17) is 25.2 Å². The molecular formula is C14H29ClO3Si2. The van der Waals surface area contributed by atoms with Crippen molar-refractivity contribution in [2.75, 3.05) is 13.0 Å². The molecule has 3 nitrogen and oxygen atoms in total. The Morgan fingerprint density at radius 3 is 1.95 bits per heavy atom. The molecule has 0 rings (SSSR count). The summed E-state index contributed by atoms with van der Waals surface area (Å²) >= 11 is 5.72. The topological polar surface area (TPSA) is 27.7 Å². The molecule has 0 saturated carbocycles. The molecule has 118 valence electrons. The van der Waals surface area contributed by atoms with E-state index in [1.807, 2.05) is 6.08 Å². The normalized spacial score (nSPS) is 14.2. The van der Waals surface area contributed by atoms with Crippen molar-refractivity contribution >= 4 is 28.2 Å². The summed E-state index contributed by atoms with van der Waals surface area (Å²) in [7, 11) is -1.73. The molecule has 0 aliphatic rings. The van der Waals surface area contributed by atoms with E-state index in [1.54, 1.807) is 7.11 Å². The fraction of sp³-hybridized carbons (Fsp3) is 0.714. The minimum Gasteiger partial charge on any atom is -0.544 e. The third-order valence-electron chi connectivity index (χ3n) is 1.98. The molecule has 0 aromatic rings. The summed E-state index contributed by atoms with van der Waals surface area (Å²) in [5.74, 6) is 2.01. The first-order valence-electron chi connectivity index (χ1n) is 6.97. The maximum absolute atomic E-state index is 6.07. The first kappa shape index (κ1) is 19.6. The molecule has 0 amide bonds. The predicted octanol–water partition coefficient (Wildman–Crippen LogP) is 5.08. The van der Waals surface area contributed by atoms with Gasteiger partial charge in [0, 0.05) is 5.88 Å². The number of allylic oxidation sites excluding steroid dienone is 2. The summed E-state index contributed by atoms with van der Waals surface area (Å²) in [6, 6.07) is 0. The van der Waals surface area contributed by atoms with Gasteiger partial charge in [-0.15, -0.1) is 11.6 Å². The van der Waals surface area contributed by atoms with Crippen molar-refractivity contribution in [3.05, 3.63) is 23.9 Å². The Bertz CT molecular complexity index is 341. The van der Waals surface area contributed by atoms with Crippen LogP contribution in [0, 0.1) is 0 Å². The molecule has 0 aromatic carbocycles. The van der Waals surface area contributed by atoms with E-state index < -0.39 is 16.6 Å². The molecule has 0 N–H and O–H groups in total. The van der Waals surface area contributed by atoms with Gasteiger partial charge in [-0.1, -0.05) is 0 Å². The van der Waals surface area contributed by atoms with Crippen LogP contribution in [0.1, 0.15) is 12.8 Å². The van der Waals surface area contributed by atoms with Crippen LogP contribution in [0.4, 0.5) is 0 Å². The number of ether oxygens (including phenoxy) is 1. The first-order chi connectivity index (χ1) is 9.07. The highest BCUT2D eigenvalue weighted by Gasteiger charge is 2.20. The maximum Gasteiger partial charge on any atom is 0.268 e. The van der Waals surface area contributed by atoms with Gasteiger partial charge in [-0.05, 0) is 58.2 Å². The summed E-state index contributed by atoms with van der Waals surface area (Å²) in [5, 5.41) is 0. The monoisotopic (exact) mass is 336 g/mol. The van der Waals surface area contributed by atoms with Crippen molar-refractivity contribution in [3.8, 4) is 0 Å². The number of rotatable bonds is 9. The van der Waals surface area contributed by atoms with Crippen LogP contribution in [0.3, 0.4) is 0 Å². The van der Waals surface area contributed by atoms with Gasteiger partial charge in [0.15, 0.2) is 0 Å². The van der Waals surface area contributed by atoms with Crippen LogP contribution >= 0.6 is 11.6 Å². The Kier molecular flexibility index (Phi) is 8.62. The Morgan fingerprint density at radius 2 is 1.55 bits per heavy atom. The van der Waals surface area contributed by atoms with Crippen LogP contribution < -0.4 is 0 Å². The zero-order valence-corrected chi connectivity index (χ0v) is 16.6. The van der Waals surface area contributed by atoms with Crippen molar-refractivity contribution in [3.63, 3.8) is 0 Å². The molecule has 0 fully saturated rings. The van der Waals surface area contributed by atoms with Gasteiger partial charge in [-0.25, -0.2) is 0 Å². The molecule has 0 aliphatic heterocycles. The van der Waals surface area contributed by atoms with Gasteiger partial charge in [0.25, 0.3) is 5.95 Å². The van der Waals surface area contributed by atoms with Crippen LogP contribution in [0.2, 0.25) is 39.3 Å². The van der Waals surface area contributed by atoms with E-state index in [1.165, 1.54) is 0 Å². The molecule has 20 heavy (non-hydrogen) atoms. The molecule has 0 spiro atoms. The lowest BCUT2D eigenvalue weighted by atomic mass is 10.3. The van der Waals surface area contributed by atoms with Crippen molar-refractivity contribution in [2.24, 2.45) is 0 Å². The Hall–Kier alpha value is -0.396. The zero-order chi connectivity index (χ0) is 15.8. The average Bonchev–Trinajstić information content (AvgIpc) is 2.24. The van der Waals surface area contributed by atoms with Gasteiger partial charge >= 0.3 is 0 Å². The van der Waals surface area contributed by atoms with Gasteiger partial charge in [0.05, 0.1) is 13.2 Å². The highest BCUT2D eigenvalue weighted by atomic mass is 35.5. The van der Waals surface area contributed by atoms with Crippen LogP contribution in [0.25, 0.3) is 0 Å². The number of alkyl halides is 1. The second kappa shape index (κ2) is 8.79. The summed E-state index contributed by atoms with van der Waals surface area (Å²) in [4.78, 5) is 0. The lowest BCUT2D eigenvalue weighted by molar-refractivity contribution is 0.145.